The Hall–Kier alpha value is -0.800. The number of hydrogen-bond donors (Lipinski definition) is 1. The fourth-order valence-electron chi connectivity index (χ4n) is 2.22. The van der Waals surface area contributed by atoms with Crippen molar-refractivity contribution in [3.63, 3.8) is 0 Å². The summed E-state index contributed by atoms with van der Waals surface area (Å²) >= 11 is 6.05. The molecule has 1 aromatic rings. The van der Waals surface area contributed by atoms with Crippen molar-refractivity contribution in [2.24, 2.45) is 17.6 Å². The van der Waals surface area contributed by atoms with E-state index < -0.39 is 0 Å². The van der Waals surface area contributed by atoms with Gasteiger partial charge in [-0.3, -0.25) is 0 Å². The van der Waals surface area contributed by atoms with Crippen molar-refractivity contribution >= 4 is 11.6 Å². The molecule has 0 bridgehead atoms. The van der Waals surface area contributed by atoms with Crippen molar-refractivity contribution < 1.29 is 4.74 Å². The van der Waals surface area contributed by atoms with Crippen molar-refractivity contribution in [1.82, 2.24) is 4.98 Å². The molecule has 1 aromatic heterocycles. The molecule has 2 N–H and O–H groups in total. The Labute approximate surface area is 127 Å². The maximum absolute atomic E-state index is 6.26. The summed E-state index contributed by atoms with van der Waals surface area (Å²) in [5.41, 5.74) is 7.31. The predicted octanol–water partition coefficient (Wildman–Crippen LogP) is 4.08. The molecular weight excluding hydrogens is 272 g/mol. The summed E-state index contributed by atoms with van der Waals surface area (Å²) in [4.78, 5) is 4.29. The molecule has 0 saturated carbocycles. The lowest BCUT2D eigenvalue weighted by atomic mass is 9.89. The van der Waals surface area contributed by atoms with E-state index in [1.54, 1.807) is 6.20 Å². The van der Waals surface area contributed by atoms with Crippen LogP contribution in [0.4, 0.5) is 0 Å². The maximum Gasteiger partial charge on any atom is 0.216 e. The number of nitrogens with zero attached hydrogens (tertiary/aromatic N) is 1. The predicted molar refractivity (Wildman–Crippen MR) is 85.3 cm³/mol. The second kappa shape index (κ2) is 8.48. The van der Waals surface area contributed by atoms with Crippen LogP contribution >= 0.6 is 11.6 Å². The molecule has 1 heterocycles. The standard InChI is InChI=1S/C16H27ClN2O/c1-5-6-20-16-13(9-14(17)10-19-16)8-12(4)15(18)7-11(2)3/h9-12,15H,5-8,18H2,1-4H3. The van der Waals surface area contributed by atoms with Gasteiger partial charge in [0.25, 0.3) is 0 Å². The summed E-state index contributed by atoms with van der Waals surface area (Å²) in [6.07, 6.45) is 4.47. The third-order valence-electron chi connectivity index (χ3n) is 3.35. The Morgan fingerprint density at radius 3 is 2.65 bits per heavy atom. The number of nitrogens with two attached hydrogens (primary N) is 1. The van der Waals surface area contributed by atoms with Crippen LogP contribution in [0.25, 0.3) is 0 Å². The van der Waals surface area contributed by atoms with Crippen LogP contribution in [0.5, 0.6) is 5.88 Å². The molecule has 0 fully saturated rings. The molecule has 2 atom stereocenters. The van der Waals surface area contributed by atoms with Gasteiger partial charge in [0.15, 0.2) is 0 Å². The Kier molecular flexibility index (Phi) is 7.31. The minimum absolute atomic E-state index is 0.188. The molecule has 20 heavy (non-hydrogen) atoms. The minimum atomic E-state index is 0.188. The SMILES string of the molecule is CCCOc1ncc(Cl)cc1CC(C)C(N)CC(C)C. The zero-order valence-electron chi connectivity index (χ0n) is 13.0. The Morgan fingerprint density at radius 1 is 1.35 bits per heavy atom. The van der Waals surface area contributed by atoms with Crippen molar-refractivity contribution in [3.8, 4) is 5.88 Å². The van der Waals surface area contributed by atoms with Crippen LogP contribution in [0, 0.1) is 11.8 Å². The Bertz CT molecular complexity index is 409. The summed E-state index contributed by atoms with van der Waals surface area (Å²) in [5.74, 6) is 1.68. The monoisotopic (exact) mass is 298 g/mol. The first kappa shape index (κ1) is 17.3. The largest absolute Gasteiger partial charge is 0.477 e. The average Bonchev–Trinajstić information content (AvgIpc) is 2.37. The first-order chi connectivity index (χ1) is 9.43. The van der Waals surface area contributed by atoms with E-state index in [-0.39, 0.29) is 6.04 Å². The molecule has 0 amide bonds. The van der Waals surface area contributed by atoms with Crippen LogP contribution in [-0.4, -0.2) is 17.6 Å². The van der Waals surface area contributed by atoms with Gasteiger partial charge in [-0.05, 0) is 37.2 Å². The fourth-order valence-corrected chi connectivity index (χ4v) is 2.40. The molecule has 1 rings (SSSR count). The highest BCUT2D eigenvalue weighted by atomic mass is 35.5. The van der Waals surface area contributed by atoms with E-state index in [4.69, 9.17) is 22.1 Å². The van der Waals surface area contributed by atoms with Crippen LogP contribution in [0.15, 0.2) is 12.3 Å². The normalized spacial score (nSPS) is 14.3. The number of hydrogen-bond acceptors (Lipinski definition) is 3. The molecule has 0 aliphatic rings. The van der Waals surface area contributed by atoms with E-state index >= 15 is 0 Å². The summed E-state index contributed by atoms with van der Waals surface area (Å²) in [5, 5.41) is 0.647. The molecule has 0 aliphatic heterocycles. The molecule has 4 heteroatoms. The number of pyridine rings is 1. The summed E-state index contributed by atoms with van der Waals surface area (Å²) < 4.78 is 5.69. The molecule has 114 valence electrons. The topological polar surface area (TPSA) is 48.1 Å². The van der Waals surface area contributed by atoms with Gasteiger partial charge in [-0.1, -0.05) is 39.3 Å². The second-order valence-electron chi connectivity index (χ2n) is 5.94. The zero-order valence-corrected chi connectivity index (χ0v) is 13.8. The van der Waals surface area contributed by atoms with Gasteiger partial charge in [-0.15, -0.1) is 0 Å². The summed E-state index contributed by atoms with van der Waals surface area (Å²) in [6.45, 7) is 9.33. The average molecular weight is 299 g/mol. The van der Waals surface area contributed by atoms with Gasteiger partial charge in [0.2, 0.25) is 5.88 Å². The lowest BCUT2D eigenvalue weighted by Crippen LogP contribution is -2.31. The summed E-state index contributed by atoms with van der Waals surface area (Å²) in [7, 11) is 0. The Balaban J connectivity index is 2.76. The molecule has 2 unspecified atom stereocenters. The van der Waals surface area contributed by atoms with Gasteiger partial charge in [0, 0.05) is 17.8 Å². The van der Waals surface area contributed by atoms with Gasteiger partial charge in [0.05, 0.1) is 11.6 Å². The molecule has 0 radical (unpaired) electrons. The first-order valence-corrected chi connectivity index (χ1v) is 7.84. The molecule has 3 nitrogen and oxygen atoms in total. The van der Waals surface area contributed by atoms with E-state index in [0.717, 1.165) is 24.8 Å². The van der Waals surface area contributed by atoms with Crippen molar-refractivity contribution in [2.75, 3.05) is 6.61 Å². The quantitative estimate of drug-likeness (QED) is 0.787. The molecule has 0 aliphatic carbocycles. The lowest BCUT2D eigenvalue weighted by Gasteiger charge is -2.22. The van der Waals surface area contributed by atoms with E-state index in [1.807, 2.05) is 6.07 Å². The van der Waals surface area contributed by atoms with Crippen LogP contribution in [-0.2, 0) is 6.42 Å². The van der Waals surface area contributed by atoms with E-state index in [2.05, 4.69) is 32.7 Å². The third kappa shape index (κ3) is 5.68. The van der Waals surface area contributed by atoms with E-state index in [1.165, 1.54) is 0 Å². The van der Waals surface area contributed by atoms with Crippen molar-refractivity contribution in [3.05, 3.63) is 22.8 Å². The smallest absolute Gasteiger partial charge is 0.216 e. The van der Waals surface area contributed by atoms with Gasteiger partial charge >= 0.3 is 0 Å². The first-order valence-electron chi connectivity index (χ1n) is 7.46. The number of ether oxygens (including phenoxy) is 1. The number of aromatic nitrogens is 1. The molecular formula is C16H27ClN2O. The maximum atomic E-state index is 6.26. The van der Waals surface area contributed by atoms with Gasteiger partial charge in [-0.2, -0.15) is 0 Å². The van der Waals surface area contributed by atoms with Crippen molar-refractivity contribution in [2.45, 2.75) is 53.0 Å². The van der Waals surface area contributed by atoms with Crippen molar-refractivity contribution in [1.29, 1.82) is 0 Å². The molecule has 0 spiro atoms. The molecule has 0 saturated heterocycles. The van der Waals surface area contributed by atoms with E-state index in [0.29, 0.717) is 29.3 Å². The zero-order chi connectivity index (χ0) is 15.1. The van der Waals surface area contributed by atoms with Crippen LogP contribution in [0.3, 0.4) is 0 Å². The van der Waals surface area contributed by atoms with E-state index in [9.17, 15) is 0 Å². The van der Waals surface area contributed by atoms with Crippen LogP contribution in [0.1, 0.15) is 46.1 Å². The molecule has 0 aromatic carbocycles. The summed E-state index contributed by atoms with van der Waals surface area (Å²) in [6, 6.07) is 2.13. The van der Waals surface area contributed by atoms with Crippen LogP contribution in [0.2, 0.25) is 5.02 Å². The van der Waals surface area contributed by atoms with Gasteiger partial charge < -0.3 is 10.5 Å². The van der Waals surface area contributed by atoms with Gasteiger partial charge in [-0.25, -0.2) is 4.98 Å². The van der Waals surface area contributed by atoms with Gasteiger partial charge in [0.1, 0.15) is 0 Å². The Morgan fingerprint density at radius 2 is 2.05 bits per heavy atom. The highest BCUT2D eigenvalue weighted by Gasteiger charge is 2.17. The van der Waals surface area contributed by atoms with Crippen LogP contribution < -0.4 is 10.5 Å². The number of halogens is 1. The fraction of sp³-hybridized carbons (Fsp3) is 0.688. The highest BCUT2D eigenvalue weighted by Crippen LogP contribution is 2.25. The lowest BCUT2D eigenvalue weighted by molar-refractivity contribution is 0.297. The number of rotatable bonds is 8. The highest BCUT2D eigenvalue weighted by molar-refractivity contribution is 6.30. The minimum Gasteiger partial charge on any atom is -0.477 e. The second-order valence-corrected chi connectivity index (χ2v) is 6.38. The third-order valence-corrected chi connectivity index (χ3v) is 3.56.